The van der Waals surface area contributed by atoms with Gasteiger partial charge in [-0.25, -0.2) is 8.78 Å². The molecule has 0 amide bonds. The summed E-state index contributed by atoms with van der Waals surface area (Å²) in [7, 11) is 1.65. The Kier molecular flexibility index (Phi) is 7.00. The average Bonchev–Trinajstić information content (AvgIpc) is 2.10. The van der Waals surface area contributed by atoms with Crippen molar-refractivity contribution in [3.63, 3.8) is 0 Å². The van der Waals surface area contributed by atoms with E-state index in [9.17, 15) is 8.78 Å². The zero-order valence-corrected chi connectivity index (χ0v) is 8.29. The maximum atomic E-state index is 11.9. The zero-order valence-electron chi connectivity index (χ0n) is 8.29. The van der Waals surface area contributed by atoms with Crippen molar-refractivity contribution in [2.24, 2.45) is 10.9 Å². The molecule has 0 spiro atoms. The molecule has 0 bridgehead atoms. The predicted molar refractivity (Wildman–Crippen MR) is 50.8 cm³/mol. The van der Waals surface area contributed by atoms with Crippen LogP contribution in [-0.4, -0.2) is 42.5 Å². The lowest BCUT2D eigenvalue weighted by Crippen LogP contribution is -2.25. The van der Waals surface area contributed by atoms with Crippen molar-refractivity contribution in [1.29, 1.82) is 0 Å². The molecule has 0 aromatic rings. The van der Waals surface area contributed by atoms with Gasteiger partial charge in [-0.15, -0.1) is 0 Å². The van der Waals surface area contributed by atoms with E-state index in [0.717, 1.165) is 12.8 Å². The SMILES string of the molecule is CN(CCCCC(N)=NO)CC(F)F. The molecule has 14 heavy (non-hydrogen) atoms. The molecule has 0 radical (unpaired) electrons. The fourth-order valence-corrected chi connectivity index (χ4v) is 1.06. The van der Waals surface area contributed by atoms with Gasteiger partial charge in [0.2, 0.25) is 0 Å². The van der Waals surface area contributed by atoms with Crippen LogP contribution in [0.25, 0.3) is 0 Å². The number of hydrogen-bond donors (Lipinski definition) is 2. The molecule has 0 unspecified atom stereocenters. The third kappa shape index (κ3) is 7.72. The molecule has 0 aromatic carbocycles. The van der Waals surface area contributed by atoms with Crippen LogP contribution in [0.3, 0.4) is 0 Å². The maximum Gasteiger partial charge on any atom is 0.251 e. The summed E-state index contributed by atoms with van der Waals surface area (Å²) in [4.78, 5) is 1.57. The Labute approximate surface area is 82.4 Å². The molecular weight excluding hydrogens is 192 g/mol. The molecule has 0 saturated carbocycles. The minimum absolute atomic E-state index is 0.182. The molecule has 3 N–H and O–H groups in total. The van der Waals surface area contributed by atoms with Gasteiger partial charge in [-0.05, 0) is 26.4 Å². The maximum absolute atomic E-state index is 11.9. The van der Waals surface area contributed by atoms with Gasteiger partial charge in [0, 0.05) is 6.42 Å². The Bertz CT molecular complexity index is 176. The molecule has 0 aliphatic heterocycles. The second-order valence-electron chi connectivity index (χ2n) is 3.20. The summed E-state index contributed by atoms with van der Waals surface area (Å²) in [5.74, 6) is 0.182. The summed E-state index contributed by atoms with van der Waals surface area (Å²) in [6.07, 6.45) is -0.286. The van der Waals surface area contributed by atoms with Crippen LogP contribution in [0, 0.1) is 0 Å². The number of nitrogens with zero attached hydrogens (tertiary/aromatic N) is 2. The molecule has 4 nitrogen and oxygen atoms in total. The molecule has 0 aliphatic carbocycles. The fourth-order valence-electron chi connectivity index (χ4n) is 1.06. The number of hydrogen-bond acceptors (Lipinski definition) is 3. The first kappa shape index (κ1) is 13.1. The number of halogens is 2. The van der Waals surface area contributed by atoms with Gasteiger partial charge >= 0.3 is 0 Å². The number of unbranched alkanes of at least 4 members (excludes halogenated alkanes) is 1. The molecule has 0 saturated heterocycles. The van der Waals surface area contributed by atoms with Crippen LogP contribution in [0.15, 0.2) is 5.16 Å². The Morgan fingerprint density at radius 1 is 1.50 bits per heavy atom. The molecule has 0 fully saturated rings. The van der Waals surface area contributed by atoms with Crippen LogP contribution < -0.4 is 5.73 Å². The molecule has 0 rings (SSSR count). The minimum Gasteiger partial charge on any atom is -0.409 e. The first-order valence-corrected chi connectivity index (χ1v) is 4.49. The van der Waals surface area contributed by atoms with Crippen molar-refractivity contribution in [3.05, 3.63) is 0 Å². The summed E-state index contributed by atoms with van der Waals surface area (Å²) < 4.78 is 23.7. The number of oxime groups is 1. The Morgan fingerprint density at radius 2 is 2.14 bits per heavy atom. The Morgan fingerprint density at radius 3 is 2.64 bits per heavy atom. The summed E-state index contributed by atoms with van der Waals surface area (Å²) in [6.45, 7) is 0.395. The summed E-state index contributed by atoms with van der Waals surface area (Å²) in [5.41, 5.74) is 5.24. The predicted octanol–water partition coefficient (Wildman–Crippen LogP) is 1.10. The van der Waals surface area contributed by atoms with Gasteiger partial charge in [-0.2, -0.15) is 0 Å². The van der Waals surface area contributed by atoms with Crippen LogP contribution in [0.5, 0.6) is 0 Å². The number of alkyl halides is 2. The van der Waals surface area contributed by atoms with Crippen molar-refractivity contribution in [2.75, 3.05) is 20.1 Å². The largest absolute Gasteiger partial charge is 0.409 e. The average molecular weight is 209 g/mol. The lowest BCUT2D eigenvalue weighted by Gasteiger charge is -2.15. The third-order valence-electron chi connectivity index (χ3n) is 1.80. The molecule has 0 heterocycles. The van der Waals surface area contributed by atoms with Crippen molar-refractivity contribution < 1.29 is 14.0 Å². The van der Waals surface area contributed by atoms with Crippen molar-refractivity contribution in [3.8, 4) is 0 Å². The first-order valence-electron chi connectivity index (χ1n) is 4.49. The van der Waals surface area contributed by atoms with Crippen LogP contribution in [0.2, 0.25) is 0 Å². The number of rotatable bonds is 7. The molecule has 0 aliphatic rings. The molecule has 84 valence electrons. The first-order chi connectivity index (χ1) is 6.56. The minimum atomic E-state index is -2.29. The van der Waals surface area contributed by atoms with E-state index < -0.39 is 6.43 Å². The third-order valence-corrected chi connectivity index (χ3v) is 1.80. The van der Waals surface area contributed by atoms with E-state index in [1.807, 2.05) is 0 Å². The van der Waals surface area contributed by atoms with E-state index in [1.54, 1.807) is 11.9 Å². The molecule has 0 aromatic heterocycles. The zero-order chi connectivity index (χ0) is 11.0. The van der Waals surface area contributed by atoms with Gasteiger partial charge < -0.3 is 15.8 Å². The highest BCUT2D eigenvalue weighted by molar-refractivity contribution is 5.79. The van der Waals surface area contributed by atoms with Crippen LogP contribution in [0.1, 0.15) is 19.3 Å². The smallest absolute Gasteiger partial charge is 0.251 e. The number of amidine groups is 1. The lowest BCUT2D eigenvalue weighted by atomic mass is 10.2. The van der Waals surface area contributed by atoms with Crippen molar-refractivity contribution in [1.82, 2.24) is 4.90 Å². The van der Waals surface area contributed by atoms with E-state index >= 15 is 0 Å². The lowest BCUT2D eigenvalue weighted by molar-refractivity contribution is 0.0997. The van der Waals surface area contributed by atoms with E-state index in [4.69, 9.17) is 10.9 Å². The standard InChI is InChI=1S/C8H17F2N3O/c1-13(6-7(9)10)5-3-2-4-8(11)12-14/h7,14H,2-6H2,1H3,(H2,11,12). The van der Waals surface area contributed by atoms with Crippen LogP contribution in [0.4, 0.5) is 8.78 Å². The van der Waals surface area contributed by atoms with Crippen molar-refractivity contribution >= 4 is 5.84 Å². The second kappa shape index (κ2) is 7.49. The van der Waals surface area contributed by atoms with Crippen LogP contribution in [-0.2, 0) is 0 Å². The van der Waals surface area contributed by atoms with Gasteiger partial charge in [-0.1, -0.05) is 5.16 Å². The highest BCUT2D eigenvalue weighted by Gasteiger charge is 2.06. The van der Waals surface area contributed by atoms with Gasteiger partial charge in [0.25, 0.3) is 6.43 Å². The number of nitrogens with two attached hydrogens (primary N) is 1. The Hall–Kier alpha value is -0.910. The van der Waals surface area contributed by atoms with Crippen molar-refractivity contribution in [2.45, 2.75) is 25.7 Å². The van der Waals surface area contributed by atoms with E-state index in [-0.39, 0.29) is 12.4 Å². The molecule has 6 heteroatoms. The summed E-state index contributed by atoms with van der Waals surface area (Å²) in [5, 5.41) is 11.0. The Balaban J connectivity index is 3.36. The van der Waals surface area contributed by atoms with Gasteiger partial charge in [-0.3, -0.25) is 0 Å². The second-order valence-corrected chi connectivity index (χ2v) is 3.20. The van der Waals surface area contributed by atoms with Crippen LogP contribution >= 0.6 is 0 Å². The van der Waals surface area contributed by atoms with Gasteiger partial charge in [0.15, 0.2) is 0 Å². The van der Waals surface area contributed by atoms with E-state index in [0.29, 0.717) is 13.0 Å². The topological polar surface area (TPSA) is 61.8 Å². The quantitative estimate of drug-likeness (QED) is 0.217. The summed E-state index contributed by atoms with van der Waals surface area (Å²) in [6, 6.07) is 0. The molecule has 0 atom stereocenters. The highest BCUT2D eigenvalue weighted by Crippen LogP contribution is 2.00. The normalized spacial score (nSPS) is 12.8. The van der Waals surface area contributed by atoms with Gasteiger partial charge in [0.05, 0.1) is 6.54 Å². The van der Waals surface area contributed by atoms with Gasteiger partial charge in [0.1, 0.15) is 5.84 Å². The molecular formula is C8H17F2N3O. The van der Waals surface area contributed by atoms with E-state index in [1.165, 1.54) is 0 Å². The monoisotopic (exact) mass is 209 g/mol. The highest BCUT2D eigenvalue weighted by atomic mass is 19.3. The summed E-state index contributed by atoms with van der Waals surface area (Å²) >= 11 is 0. The van der Waals surface area contributed by atoms with E-state index in [2.05, 4.69) is 5.16 Å². The fraction of sp³-hybridized carbons (Fsp3) is 0.875.